The van der Waals surface area contributed by atoms with Gasteiger partial charge in [-0.05, 0) is 49.2 Å². The molecule has 0 aliphatic carbocycles. The van der Waals surface area contributed by atoms with Gasteiger partial charge in [-0.15, -0.1) is 0 Å². The Morgan fingerprint density at radius 3 is 2.54 bits per heavy atom. The van der Waals surface area contributed by atoms with E-state index in [0.717, 1.165) is 33.7 Å². The lowest BCUT2D eigenvalue weighted by molar-refractivity contribution is 0.102. The number of imidazole rings is 1. The topological polar surface area (TPSA) is 46.4 Å². The Bertz CT molecular complexity index is 1100. The monoisotopic (exact) mass is 341 g/mol. The molecule has 1 amide bonds. The molecule has 2 heterocycles. The van der Waals surface area contributed by atoms with Crippen LogP contribution in [0.15, 0.2) is 73.1 Å². The van der Waals surface area contributed by atoms with Gasteiger partial charge in [0.15, 0.2) is 0 Å². The number of rotatable bonds is 3. The van der Waals surface area contributed by atoms with Crippen molar-refractivity contribution < 1.29 is 4.79 Å². The summed E-state index contributed by atoms with van der Waals surface area (Å²) >= 11 is 0. The lowest BCUT2D eigenvalue weighted by atomic mass is 10.1. The maximum atomic E-state index is 12.5. The maximum absolute atomic E-state index is 12.5. The molecule has 0 spiro atoms. The van der Waals surface area contributed by atoms with Crippen LogP contribution in [-0.4, -0.2) is 15.3 Å². The average molecular weight is 341 g/mol. The lowest BCUT2D eigenvalue weighted by Gasteiger charge is -2.10. The number of pyridine rings is 1. The van der Waals surface area contributed by atoms with E-state index in [9.17, 15) is 4.79 Å². The van der Waals surface area contributed by atoms with Gasteiger partial charge in [-0.2, -0.15) is 0 Å². The number of benzene rings is 2. The summed E-state index contributed by atoms with van der Waals surface area (Å²) in [5.74, 6) is -0.114. The molecule has 1 N–H and O–H groups in total. The molecule has 0 fully saturated rings. The number of hydrogen-bond donors (Lipinski definition) is 1. The summed E-state index contributed by atoms with van der Waals surface area (Å²) in [6.07, 6.45) is 4.00. The van der Waals surface area contributed by atoms with Gasteiger partial charge in [-0.1, -0.05) is 36.4 Å². The molecule has 0 unspecified atom stereocenters. The van der Waals surface area contributed by atoms with Crippen LogP contribution in [0.25, 0.3) is 16.9 Å². The number of carbonyl (C=O) groups excluding carboxylic acids is 1. The number of nitrogens with zero attached hydrogens (tertiary/aromatic N) is 2. The quantitative estimate of drug-likeness (QED) is 0.578. The van der Waals surface area contributed by atoms with Crippen LogP contribution in [0.2, 0.25) is 0 Å². The van der Waals surface area contributed by atoms with Gasteiger partial charge in [0.25, 0.3) is 5.91 Å². The van der Waals surface area contributed by atoms with E-state index in [1.807, 2.05) is 79.2 Å². The zero-order chi connectivity index (χ0) is 18.1. The summed E-state index contributed by atoms with van der Waals surface area (Å²) in [7, 11) is 0. The number of aryl methyl sites for hydroxylation is 2. The number of carbonyl (C=O) groups is 1. The first-order valence-corrected chi connectivity index (χ1v) is 8.53. The van der Waals surface area contributed by atoms with Crippen LogP contribution in [0.1, 0.15) is 21.5 Å². The van der Waals surface area contributed by atoms with Crippen molar-refractivity contribution in [2.75, 3.05) is 5.32 Å². The van der Waals surface area contributed by atoms with E-state index in [-0.39, 0.29) is 5.91 Å². The molecule has 4 aromatic rings. The highest BCUT2D eigenvalue weighted by Crippen LogP contribution is 2.26. The van der Waals surface area contributed by atoms with Crippen molar-refractivity contribution in [2.45, 2.75) is 13.8 Å². The van der Waals surface area contributed by atoms with Crippen LogP contribution < -0.4 is 5.32 Å². The maximum Gasteiger partial charge on any atom is 0.255 e. The van der Waals surface area contributed by atoms with E-state index in [1.54, 1.807) is 12.1 Å². The second kappa shape index (κ2) is 6.48. The Morgan fingerprint density at radius 1 is 0.962 bits per heavy atom. The molecule has 4 rings (SSSR count). The summed E-state index contributed by atoms with van der Waals surface area (Å²) in [5, 5.41) is 3.01. The number of aromatic nitrogens is 2. The van der Waals surface area contributed by atoms with Crippen molar-refractivity contribution >= 4 is 17.2 Å². The summed E-state index contributed by atoms with van der Waals surface area (Å²) in [6, 6.07) is 19.3. The van der Waals surface area contributed by atoms with E-state index in [0.29, 0.717) is 5.56 Å². The van der Waals surface area contributed by atoms with Crippen molar-refractivity contribution in [2.24, 2.45) is 0 Å². The molecule has 4 nitrogen and oxygen atoms in total. The van der Waals surface area contributed by atoms with Crippen molar-refractivity contribution in [3.63, 3.8) is 0 Å². The predicted molar refractivity (Wildman–Crippen MR) is 104 cm³/mol. The zero-order valence-corrected chi connectivity index (χ0v) is 14.7. The molecule has 0 aliphatic rings. The SMILES string of the molecule is Cc1ccc(-c2cn3cccc(C)c3n2)cc1NC(=O)c1ccccc1. The number of anilines is 1. The summed E-state index contributed by atoms with van der Waals surface area (Å²) in [6.45, 7) is 4.03. The molecule has 0 atom stereocenters. The van der Waals surface area contributed by atoms with Gasteiger partial charge in [0, 0.05) is 29.2 Å². The van der Waals surface area contributed by atoms with Crippen LogP contribution in [0.3, 0.4) is 0 Å². The minimum atomic E-state index is -0.114. The Morgan fingerprint density at radius 2 is 1.77 bits per heavy atom. The van der Waals surface area contributed by atoms with Crippen LogP contribution >= 0.6 is 0 Å². The van der Waals surface area contributed by atoms with Crippen molar-refractivity contribution in [3.8, 4) is 11.3 Å². The van der Waals surface area contributed by atoms with Gasteiger partial charge >= 0.3 is 0 Å². The minimum Gasteiger partial charge on any atom is -0.322 e. The minimum absolute atomic E-state index is 0.114. The highest BCUT2D eigenvalue weighted by Gasteiger charge is 2.11. The smallest absolute Gasteiger partial charge is 0.255 e. The van der Waals surface area contributed by atoms with Gasteiger partial charge < -0.3 is 9.72 Å². The Kier molecular flexibility index (Phi) is 4.01. The van der Waals surface area contributed by atoms with E-state index >= 15 is 0 Å². The Balaban J connectivity index is 1.69. The Labute approximate surface area is 152 Å². The fourth-order valence-electron chi connectivity index (χ4n) is 2.99. The fraction of sp³-hybridized carbons (Fsp3) is 0.0909. The molecule has 0 saturated heterocycles. The first-order valence-electron chi connectivity index (χ1n) is 8.53. The van der Waals surface area contributed by atoms with E-state index in [4.69, 9.17) is 4.98 Å². The van der Waals surface area contributed by atoms with E-state index in [1.165, 1.54) is 0 Å². The third-order valence-corrected chi connectivity index (χ3v) is 4.50. The summed E-state index contributed by atoms with van der Waals surface area (Å²) in [5.41, 5.74) is 6.38. The van der Waals surface area contributed by atoms with Gasteiger partial charge in [0.05, 0.1) is 5.69 Å². The van der Waals surface area contributed by atoms with Crippen molar-refractivity contribution in [1.29, 1.82) is 0 Å². The number of nitrogens with one attached hydrogen (secondary N) is 1. The molecule has 2 aromatic heterocycles. The third kappa shape index (κ3) is 2.97. The molecule has 128 valence electrons. The average Bonchev–Trinajstić information content (AvgIpc) is 3.10. The molecule has 2 aromatic carbocycles. The highest BCUT2D eigenvalue weighted by atomic mass is 16.1. The van der Waals surface area contributed by atoms with Crippen LogP contribution in [-0.2, 0) is 0 Å². The van der Waals surface area contributed by atoms with Crippen molar-refractivity contribution in [1.82, 2.24) is 9.38 Å². The molecule has 4 heteroatoms. The first kappa shape index (κ1) is 16.1. The largest absolute Gasteiger partial charge is 0.322 e. The van der Waals surface area contributed by atoms with Crippen LogP contribution in [0.4, 0.5) is 5.69 Å². The molecule has 0 bridgehead atoms. The molecular formula is C22H19N3O. The van der Waals surface area contributed by atoms with Gasteiger partial charge in [-0.25, -0.2) is 4.98 Å². The van der Waals surface area contributed by atoms with Gasteiger partial charge in [0.1, 0.15) is 5.65 Å². The molecular weight excluding hydrogens is 322 g/mol. The highest BCUT2D eigenvalue weighted by molar-refractivity contribution is 6.04. The van der Waals surface area contributed by atoms with E-state index < -0.39 is 0 Å². The standard InChI is InChI=1S/C22H19N3O/c1-15-10-11-18(20-14-25-12-6-7-16(2)21(25)23-20)13-19(15)24-22(26)17-8-4-3-5-9-17/h3-14H,1-2H3,(H,24,26). The number of amides is 1. The first-order chi connectivity index (χ1) is 12.6. The summed E-state index contributed by atoms with van der Waals surface area (Å²) in [4.78, 5) is 17.2. The van der Waals surface area contributed by atoms with Gasteiger partial charge in [-0.3, -0.25) is 4.79 Å². The molecule has 0 radical (unpaired) electrons. The second-order valence-electron chi connectivity index (χ2n) is 6.40. The summed E-state index contributed by atoms with van der Waals surface area (Å²) < 4.78 is 2.02. The fourth-order valence-corrected chi connectivity index (χ4v) is 2.99. The second-order valence-corrected chi connectivity index (χ2v) is 6.40. The third-order valence-electron chi connectivity index (χ3n) is 4.50. The Hall–Kier alpha value is -3.40. The molecule has 0 aliphatic heterocycles. The van der Waals surface area contributed by atoms with E-state index in [2.05, 4.69) is 5.32 Å². The zero-order valence-electron chi connectivity index (χ0n) is 14.7. The van der Waals surface area contributed by atoms with Crippen LogP contribution in [0.5, 0.6) is 0 Å². The normalized spacial score (nSPS) is 10.8. The van der Waals surface area contributed by atoms with Gasteiger partial charge in [0.2, 0.25) is 0 Å². The predicted octanol–water partition coefficient (Wildman–Crippen LogP) is 4.87. The van der Waals surface area contributed by atoms with Crippen LogP contribution in [0, 0.1) is 13.8 Å². The van der Waals surface area contributed by atoms with Crippen molar-refractivity contribution in [3.05, 3.63) is 89.7 Å². The molecule has 0 saturated carbocycles. The number of fused-ring (bicyclic) bond motifs is 1. The molecule has 26 heavy (non-hydrogen) atoms. The number of hydrogen-bond acceptors (Lipinski definition) is 2. The lowest BCUT2D eigenvalue weighted by Crippen LogP contribution is -2.12.